The van der Waals surface area contributed by atoms with Crippen molar-refractivity contribution in [3.63, 3.8) is 0 Å². The van der Waals surface area contributed by atoms with Crippen LogP contribution < -0.4 is 4.72 Å². The van der Waals surface area contributed by atoms with Gasteiger partial charge in [0.2, 0.25) is 10.0 Å². The molecule has 15 heavy (non-hydrogen) atoms. The van der Waals surface area contributed by atoms with Crippen LogP contribution >= 0.6 is 0 Å². The monoisotopic (exact) mass is 235 g/mol. The van der Waals surface area contributed by atoms with E-state index in [0.29, 0.717) is 0 Å². The van der Waals surface area contributed by atoms with Gasteiger partial charge in [0.25, 0.3) is 0 Å². The Hall–Kier alpha value is -0.390. The molecular formula is C10H21NO3S. The van der Waals surface area contributed by atoms with Crippen molar-refractivity contribution in [3.05, 3.63) is 12.2 Å². The predicted molar refractivity (Wildman–Crippen MR) is 62.1 cm³/mol. The Kier molecular flexibility index (Phi) is 7.64. The van der Waals surface area contributed by atoms with Gasteiger partial charge in [-0.2, -0.15) is 0 Å². The zero-order valence-corrected chi connectivity index (χ0v) is 10.3. The van der Waals surface area contributed by atoms with Crippen molar-refractivity contribution in [3.8, 4) is 0 Å². The first-order valence-electron chi connectivity index (χ1n) is 5.27. The van der Waals surface area contributed by atoms with Crippen LogP contribution in [-0.4, -0.2) is 31.9 Å². The fraction of sp³-hybridized carbons (Fsp3) is 0.800. The van der Waals surface area contributed by atoms with Gasteiger partial charge < -0.3 is 5.11 Å². The van der Waals surface area contributed by atoms with Gasteiger partial charge in [-0.25, -0.2) is 13.1 Å². The van der Waals surface area contributed by atoms with Crippen molar-refractivity contribution < 1.29 is 13.5 Å². The molecule has 0 aromatic carbocycles. The van der Waals surface area contributed by atoms with Crippen molar-refractivity contribution in [2.75, 3.05) is 12.4 Å². The maximum absolute atomic E-state index is 11.2. The molecule has 0 radical (unpaired) electrons. The number of aliphatic hydroxyl groups excluding tert-OH is 1. The summed E-state index contributed by atoms with van der Waals surface area (Å²) in [6.07, 6.45) is 6.77. The quantitative estimate of drug-likeness (QED) is 0.618. The van der Waals surface area contributed by atoms with Crippen LogP contribution in [0.25, 0.3) is 0 Å². The maximum Gasteiger partial charge on any atom is 0.214 e. The Morgan fingerprint density at radius 3 is 2.60 bits per heavy atom. The van der Waals surface area contributed by atoms with Gasteiger partial charge in [-0.1, -0.05) is 19.1 Å². The first-order valence-corrected chi connectivity index (χ1v) is 6.93. The standard InChI is InChI=1S/C10H21NO3S/c1-3-4-5-6-7-10(2)11-15(13,14)9-8-12/h4-5,10-12H,3,6-9H2,1-2H3/b5-4-. The second kappa shape index (κ2) is 7.84. The molecule has 5 heteroatoms. The Morgan fingerprint density at radius 2 is 2.07 bits per heavy atom. The summed E-state index contributed by atoms with van der Waals surface area (Å²) in [6.45, 7) is 3.55. The van der Waals surface area contributed by atoms with Gasteiger partial charge in [-0.15, -0.1) is 0 Å². The Balaban J connectivity index is 3.83. The molecule has 0 saturated carbocycles. The highest BCUT2D eigenvalue weighted by Gasteiger charge is 2.12. The highest BCUT2D eigenvalue weighted by molar-refractivity contribution is 7.89. The largest absolute Gasteiger partial charge is 0.395 e. The van der Waals surface area contributed by atoms with Gasteiger partial charge in [-0.05, 0) is 26.2 Å². The Morgan fingerprint density at radius 1 is 1.40 bits per heavy atom. The molecule has 0 bridgehead atoms. The second-order valence-corrected chi connectivity index (χ2v) is 5.39. The van der Waals surface area contributed by atoms with Crippen LogP contribution in [0.3, 0.4) is 0 Å². The Labute approximate surface area is 92.4 Å². The van der Waals surface area contributed by atoms with Gasteiger partial charge in [0.15, 0.2) is 0 Å². The van der Waals surface area contributed by atoms with E-state index >= 15 is 0 Å². The highest BCUT2D eigenvalue weighted by atomic mass is 32.2. The Bertz CT molecular complexity index is 272. The summed E-state index contributed by atoms with van der Waals surface area (Å²) in [5.74, 6) is -0.220. The van der Waals surface area contributed by atoms with Crippen LogP contribution in [0, 0.1) is 0 Å². The topological polar surface area (TPSA) is 66.4 Å². The minimum absolute atomic E-state index is 0.0805. The lowest BCUT2D eigenvalue weighted by atomic mass is 10.2. The molecule has 0 saturated heterocycles. The van der Waals surface area contributed by atoms with Crippen LogP contribution in [0.1, 0.15) is 33.1 Å². The summed E-state index contributed by atoms with van der Waals surface area (Å²) in [7, 11) is -3.30. The fourth-order valence-corrected chi connectivity index (χ4v) is 2.26. The highest BCUT2D eigenvalue weighted by Crippen LogP contribution is 2.00. The van der Waals surface area contributed by atoms with E-state index < -0.39 is 10.0 Å². The molecule has 4 nitrogen and oxygen atoms in total. The second-order valence-electron chi connectivity index (χ2n) is 3.52. The van der Waals surface area contributed by atoms with Crippen LogP contribution in [0.5, 0.6) is 0 Å². The van der Waals surface area contributed by atoms with E-state index in [4.69, 9.17) is 5.11 Å². The number of nitrogens with one attached hydrogen (secondary N) is 1. The molecule has 0 fully saturated rings. The zero-order chi connectivity index (χ0) is 11.7. The summed E-state index contributed by atoms with van der Waals surface area (Å²) in [4.78, 5) is 0. The van der Waals surface area contributed by atoms with Gasteiger partial charge in [0, 0.05) is 6.04 Å². The summed E-state index contributed by atoms with van der Waals surface area (Å²) in [5.41, 5.74) is 0. The van der Waals surface area contributed by atoms with Crippen LogP contribution in [-0.2, 0) is 10.0 Å². The lowest BCUT2D eigenvalue weighted by Gasteiger charge is -2.12. The van der Waals surface area contributed by atoms with Crippen LogP contribution in [0.2, 0.25) is 0 Å². The molecule has 0 amide bonds. The molecular weight excluding hydrogens is 214 g/mol. The summed E-state index contributed by atoms with van der Waals surface area (Å²) in [6, 6.07) is -0.0805. The normalized spacial score (nSPS) is 14.6. The molecule has 1 unspecified atom stereocenters. The van der Waals surface area contributed by atoms with Gasteiger partial charge in [-0.3, -0.25) is 0 Å². The van der Waals surface area contributed by atoms with Crippen LogP contribution in [0.4, 0.5) is 0 Å². The predicted octanol–water partition coefficient (Wildman–Crippen LogP) is 1.03. The van der Waals surface area contributed by atoms with Crippen molar-refractivity contribution in [2.45, 2.75) is 39.2 Å². The van der Waals surface area contributed by atoms with Crippen molar-refractivity contribution in [1.29, 1.82) is 0 Å². The number of allylic oxidation sites excluding steroid dienone is 2. The van der Waals surface area contributed by atoms with Crippen LogP contribution in [0.15, 0.2) is 12.2 Å². The number of sulfonamides is 1. The zero-order valence-electron chi connectivity index (χ0n) is 9.44. The summed E-state index contributed by atoms with van der Waals surface area (Å²) < 4.78 is 25.0. The number of hydrogen-bond donors (Lipinski definition) is 2. The first kappa shape index (κ1) is 14.6. The third-order valence-corrected chi connectivity index (χ3v) is 3.39. The molecule has 2 N–H and O–H groups in total. The van der Waals surface area contributed by atoms with E-state index in [0.717, 1.165) is 19.3 Å². The molecule has 0 aromatic heterocycles. The SMILES string of the molecule is CC/C=C\CCC(C)NS(=O)(=O)CCO. The average molecular weight is 235 g/mol. The lowest BCUT2D eigenvalue weighted by molar-refractivity contribution is 0.319. The first-order chi connectivity index (χ1) is 7.02. The van der Waals surface area contributed by atoms with E-state index in [1.807, 2.05) is 6.92 Å². The minimum atomic E-state index is -3.30. The molecule has 90 valence electrons. The molecule has 0 aliphatic heterocycles. The molecule has 0 aliphatic rings. The van der Waals surface area contributed by atoms with E-state index in [-0.39, 0.29) is 18.4 Å². The van der Waals surface area contributed by atoms with Crippen molar-refractivity contribution in [1.82, 2.24) is 4.72 Å². The van der Waals surface area contributed by atoms with Gasteiger partial charge >= 0.3 is 0 Å². The third-order valence-electron chi connectivity index (χ3n) is 1.91. The van der Waals surface area contributed by atoms with Gasteiger partial charge in [0.1, 0.15) is 0 Å². The molecule has 1 atom stereocenters. The third kappa shape index (κ3) is 8.59. The minimum Gasteiger partial charge on any atom is -0.395 e. The van der Waals surface area contributed by atoms with E-state index in [2.05, 4.69) is 23.8 Å². The molecule has 0 rings (SSSR count). The van der Waals surface area contributed by atoms with E-state index in [9.17, 15) is 8.42 Å². The van der Waals surface area contributed by atoms with Crippen molar-refractivity contribution in [2.24, 2.45) is 0 Å². The summed E-state index contributed by atoms with van der Waals surface area (Å²) in [5, 5.41) is 8.53. The summed E-state index contributed by atoms with van der Waals surface area (Å²) >= 11 is 0. The smallest absolute Gasteiger partial charge is 0.214 e. The molecule has 0 aromatic rings. The van der Waals surface area contributed by atoms with Crippen molar-refractivity contribution >= 4 is 10.0 Å². The van der Waals surface area contributed by atoms with Gasteiger partial charge in [0.05, 0.1) is 12.4 Å². The molecule has 0 aliphatic carbocycles. The number of aliphatic hydroxyl groups is 1. The average Bonchev–Trinajstić information content (AvgIpc) is 2.11. The number of rotatable bonds is 8. The van der Waals surface area contributed by atoms with E-state index in [1.54, 1.807) is 0 Å². The molecule has 0 spiro atoms. The molecule has 0 heterocycles. The lowest BCUT2D eigenvalue weighted by Crippen LogP contribution is -2.35. The van der Waals surface area contributed by atoms with E-state index in [1.165, 1.54) is 0 Å². The maximum atomic E-state index is 11.2. The number of hydrogen-bond acceptors (Lipinski definition) is 3. The fourth-order valence-electron chi connectivity index (χ4n) is 1.18.